The highest BCUT2D eigenvalue weighted by Crippen LogP contribution is 2.28. The van der Waals surface area contributed by atoms with Crippen molar-refractivity contribution in [3.8, 4) is 11.8 Å². The van der Waals surface area contributed by atoms with E-state index >= 15 is 0 Å². The molecule has 0 aromatic heterocycles. The fourth-order valence-corrected chi connectivity index (χ4v) is 3.74. The third-order valence-electron chi connectivity index (χ3n) is 5.37. The average Bonchev–Trinajstić information content (AvgIpc) is 3.07. The first-order valence-electron chi connectivity index (χ1n) is 9.93. The number of rotatable bonds is 3. The molecule has 1 saturated heterocycles. The Hall–Kier alpha value is -4.19. The van der Waals surface area contributed by atoms with Gasteiger partial charge in [-0.2, -0.15) is 0 Å². The van der Waals surface area contributed by atoms with E-state index in [2.05, 4.69) is 22.5 Å². The van der Waals surface area contributed by atoms with Crippen LogP contribution < -0.4 is 16.4 Å². The van der Waals surface area contributed by atoms with Gasteiger partial charge in [-0.15, -0.1) is 0 Å². The van der Waals surface area contributed by atoms with Gasteiger partial charge in [0.15, 0.2) is 0 Å². The van der Waals surface area contributed by atoms with Crippen LogP contribution in [0.4, 0.5) is 10.1 Å². The third-order valence-corrected chi connectivity index (χ3v) is 5.37. The number of amides is 4. The topological polar surface area (TPSA) is 122 Å². The number of nitrogens with zero attached hydrogens (tertiary/aromatic N) is 1. The molecule has 0 spiro atoms. The van der Waals surface area contributed by atoms with Crippen molar-refractivity contribution in [1.29, 1.82) is 0 Å². The Bertz CT molecular complexity index is 1210. The molecule has 1 atom stereocenters. The maximum atomic E-state index is 13.1. The molecular formula is C23H19FN4O4. The fraction of sp³-hybridized carbons (Fsp3) is 0.217. The number of imide groups is 1. The van der Waals surface area contributed by atoms with Gasteiger partial charge in [0.2, 0.25) is 11.8 Å². The summed E-state index contributed by atoms with van der Waals surface area (Å²) in [5.41, 5.74) is 8.17. The van der Waals surface area contributed by atoms with E-state index < -0.39 is 23.7 Å². The molecule has 8 nitrogen and oxygen atoms in total. The molecule has 2 aliphatic rings. The van der Waals surface area contributed by atoms with Crippen LogP contribution in [0.15, 0.2) is 36.4 Å². The van der Waals surface area contributed by atoms with Crippen LogP contribution in [0.3, 0.4) is 0 Å². The molecule has 2 aromatic carbocycles. The molecule has 0 bridgehead atoms. The van der Waals surface area contributed by atoms with Crippen LogP contribution >= 0.6 is 0 Å². The molecular weight excluding hydrogens is 415 g/mol. The maximum absolute atomic E-state index is 13.1. The SMILES string of the molecule is Nc1cc(F)ccc1C#CC(=O)NCc1ccc2c(c1)CN(C1CCC(=O)NC1=O)C2=O. The van der Waals surface area contributed by atoms with Gasteiger partial charge in [-0.25, -0.2) is 4.39 Å². The highest BCUT2D eigenvalue weighted by molar-refractivity contribution is 6.05. The first-order chi connectivity index (χ1) is 15.3. The van der Waals surface area contributed by atoms with Crippen molar-refractivity contribution < 1.29 is 23.6 Å². The van der Waals surface area contributed by atoms with Crippen molar-refractivity contribution >= 4 is 29.3 Å². The zero-order chi connectivity index (χ0) is 22.8. The number of benzene rings is 2. The van der Waals surface area contributed by atoms with Crippen molar-refractivity contribution in [2.24, 2.45) is 0 Å². The van der Waals surface area contributed by atoms with Crippen LogP contribution in [-0.2, 0) is 27.5 Å². The van der Waals surface area contributed by atoms with Crippen LogP contribution in [0.1, 0.15) is 39.9 Å². The number of nitrogen functional groups attached to an aromatic ring is 1. The van der Waals surface area contributed by atoms with Gasteiger partial charge in [0, 0.05) is 36.6 Å². The summed E-state index contributed by atoms with van der Waals surface area (Å²) in [6.07, 6.45) is 0.489. The van der Waals surface area contributed by atoms with E-state index in [1.807, 2.05) is 0 Å². The number of hydrogen-bond donors (Lipinski definition) is 3. The summed E-state index contributed by atoms with van der Waals surface area (Å²) in [6.45, 7) is 0.443. The number of piperidine rings is 1. The van der Waals surface area contributed by atoms with E-state index in [1.54, 1.807) is 18.2 Å². The summed E-state index contributed by atoms with van der Waals surface area (Å²) >= 11 is 0. The van der Waals surface area contributed by atoms with E-state index in [4.69, 9.17) is 5.73 Å². The zero-order valence-corrected chi connectivity index (χ0v) is 16.9. The fourth-order valence-electron chi connectivity index (χ4n) is 3.74. The molecule has 4 N–H and O–H groups in total. The van der Waals surface area contributed by atoms with E-state index in [0.717, 1.165) is 17.2 Å². The summed E-state index contributed by atoms with van der Waals surface area (Å²) in [6, 6.07) is 8.24. The molecule has 4 amide bonds. The smallest absolute Gasteiger partial charge is 0.296 e. The van der Waals surface area contributed by atoms with Crippen molar-refractivity contribution in [3.63, 3.8) is 0 Å². The number of halogens is 1. The minimum Gasteiger partial charge on any atom is -0.398 e. The summed E-state index contributed by atoms with van der Waals surface area (Å²) in [4.78, 5) is 49.7. The van der Waals surface area contributed by atoms with Crippen molar-refractivity contribution in [2.75, 3.05) is 5.73 Å². The zero-order valence-electron chi connectivity index (χ0n) is 16.9. The van der Waals surface area contributed by atoms with Gasteiger partial charge >= 0.3 is 0 Å². The molecule has 1 fully saturated rings. The van der Waals surface area contributed by atoms with Crippen LogP contribution in [0.5, 0.6) is 0 Å². The second-order valence-electron chi connectivity index (χ2n) is 7.56. The molecule has 32 heavy (non-hydrogen) atoms. The number of carbonyl (C=O) groups excluding carboxylic acids is 4. The van der Waals surface area contributed by atoms with Crippen LogP contribution in [0.2, 0.25) is 0 Å². The predicted octanol–water partition coefficient (Wildman–Crippen LogP) is 0.837. The first-order valence-corrected chi connectivity index (χ1v) is 9.93. The minimum atomic E-state index is -0.676. The van der Waals surface area contributed by atoms with Crippen LogP contribution in [0.25, 0.3) is 0 Å². The number of nitrogens with one attached hydrogen (secondary N) is 2. The number of nitrogens with two attached hydrogens (primary N) is 1. The van der Waals surface area contributed by atoms with Gasteiger partial charge in [0.25, 0.3) is 11.8 Å². The average molecular weight is 434 g/mol. The van der Waals surface area contributed by atoms with Crippen LogP contribution in [-0.4, -0.2) is 34.6 Å². The summed E-state index contributed by atoms with van der Waals surface area (Å²) in [5, 5.41) is 4.93. The summed E-state index contributed by atoms with van der Waals surface area (Å²) in [5.74, 6) is 2.95. The van der Waals surface area contributed by atoms with Gasteiger partial charge in [-0.3, -0.25) is 24.5 Å². The molecule has 2 heterocycles. The number of anilines is 1. The largest absolute Gasteiger partial charge is 0.398 e. The molecule has 9 heteroatoms. The number of carbonyl (C=O) groups is 4. The van der Waals surface area contributed by atoms with Gasteiger partial charge < -0.3 is 16.0 Å². The number of hydrogen-bond acceptors (Lipinski definition) is 5. The monoisotopic (exact) mass is 434 g/mol. The molecule has 0 aliphatic carbocycles. The Morgan fingerprint density at radius 1 is 1.22 bits per heavy atom. The molecule has 1 unspecified atom stereocenters. The predicted molar refractivity (Wildman–Crippen MR) is 112 cm³/mol. The lowest BCUT2D eigenvalue weighted by Crippen LogP contribution is -2.52. The second-order valence-corrected chi connectivity index (χ2v) is 7.56. The molecule has 0 radical (unpaired) electrons. The van der Waals surface area contributed by atoms with Crippen molar-refractivity contribution in [2.45, 2.75) is 32.0 Å². The highest BCUT2D eigenvalue weighted by atomic mass is 19.1. The quantitative estimate of drug-likeness (QED) is 0.375. The lowest BCUT2D eigenvalue weighted by Gasteiger charge is -2.29. The second kappa shape index (κ2) is 8.51. The molecule has 4 rings (SSSR count). The van der Waals surface area contributed by atoms with E-state index in [0.29, 0.717) is 17.5 Å². The Kier molecular flexibility index (Phi) is 5.60. The van der Waals surface area contributed by atoms with E-state index in [9.17, 15) is 23.6 Å². The van der Waals surface area contributed by atoms with Gasteiger partial charge in [0.1, 0.15) is 11.9 Å². The normalized spacial score (nSPS) is 17.3. The first kappa shape index (κ1) is 21.1. The van der Waals surface area contributed by atoms with Crippen LogP contribution in [0, 0.1) is 17.7 Å². The Morgan fingerprint density at radius 3 is 2.78 bits per heavy atom. The Morgan fingerprint density at radius 2 is 2.03 bits per heavy atom. The molecule has 2 aromatic rings. The van der Waals surface area contributed by atoms with Gasteiger partial charge in [-0.05, 0) is 41.8 Å². The Labute approximate surface area is 183 Å². The third kappa shape index (κ3) is 4.30. The number of fused-ring (bicyclic) bond motifs is 1. The molecule has 162 valence electrons. The molecule has 0 saturated carbocycles. The maximum Gasteiger partial charge on any atom is 0.296 e. The summed E-state index contributed by atoms with van der Waals surface area (Å²) < 4.78 is 13.1. The standard InChI is InChI=1S/C23H19FN4O4/c24-16-4-2-14(18(25)10-16)3-7-20(29)26-11-13-1-5-17-15(9-13)12-28(23(17)32)19-6-8-21(30)27-22(19)31/h1-2,4-5,9-10,19H,6,8,11-12,25H2,(H,26,29)(H,27,30,31). The minimum absolute atomic E-state index is 0.147. The lowest BCUT2D eigenvalue weighted by molar-refractivity contribution is -0.137. The summed E-state index contributed by atoms with van der Waals surface area (Å²) in [7, 11) is 0. The van der Waals surface area contributed by atoms with Gasteiger partial charge in [0.05, 0.1) is 5.69 Å². The Balaban J connectivity index is 1.39. The van der Waals surface area contributed by atoms with Crippen molar-refractivity contribution in [1.82, 2.24) is 15.5 Å². The van der Waals surface area contributed by atoms with Gasteiger partial charge in [-0.1, -0.05) is 18.1 Å². The van der Waals surface area contributed by atoms with Crippen molar-refractivity contribution in [3.05, 3.63) is 64.5 Å². The lowest BCUT2D eigenvalue weighted by atomic mass is 10.0. The van der Waals surface area contributed by atoms with E-state index in [1.165, 1.54) is 17.0 Å². The molecule has 2 aliphatic heterocycles. The van der Waals surface area contributed by atoms with E-state index in [-0.39, 0.29) is 37.0 Å². The highest BCUT2D eigenvalue weighted by Gasteiger charge is 2.39.